The summed E-state index contributed by atoms with van der Waals surface area (Å²) in [6.45, 7) is 4.03. The first-order valence-electron chi connectivity index (χ1n) is 13.2. The van der Waals surface area contributed by atoms with Gasteiger partial charge in [0.1, 0.15) is 23.0 Å². The highest BCUT2D eigenvalue weighted by Gasteiger charge is 2.26. The number of hydrogen-bond acceptors (Lipinski definition) is 6. The van der Waals surface area contributed by atoms with Gasteiger partial charge in [0.15, 0.2) is 0 Å². The van der Waals surface area contributed by atoms with Crippen molar-refractivity contribution in [3.8, 4) is 34.1 Å². The summed E-state index contributed by atoms with van der Waals surface area (Å²) in [7, 11) is 0. The van der Waals surface area contributed by atoms with Crippen molar-refractivity contribution in [1.29, 1.82) is 0 Å². The minimum Gasteiger partial charge on any atom is -0.457 e. The Kier molecular flexibility index (Phi) is 6.72. The predicted octanol–water partition coefficient (Wildman–Crippen LogP) is 6.41. The number of nitrogens with zero attached hydrogens (tertiary/aromatic N) is 2. The number of carbonyl (C=O) groups excluding carboxylic acids is 4. The number of ether oxygens (including phenoxy) is 2. The van der Waals surface area contributed by atoms with Crippen LogP contribution in [-0.2, 0) is 19.2 Å². The third-order valence-electron chi connectivity index (χ3n) is 6.97. The lowest BCUT2D eigenvalue weighted by Gasteiger charge is -2.16. The summed E-state index contributed by atoms with van der Waals surface area (Å²) in [6, 6.07) is 25.3. The van der Waals surface area contributed by atoms with Crippen LogP contribution in [0.2, 0.25) is 0 Å². The minimum atomic E-state index is -0.364. The largest absolute Gasteiger partial charge is 0.457 e. The molecule has 0 spiro atoms. The quantitative estimate of drug-likeness (QED) is 0.244. The molecule has 0 N–H and O–H groups in total. The van der Waals surface area contributed by atoms with E-state index in [0.717, 1.165) is 32.1 Å². The fraction of sp³-hybridized carbons (Fsp3) is 0.0588. The van der Waals surface area contributed by atoms with Crippen LogP contribution >= 0.6 is 0 Å². The third-order valence-corrected chi connectivity index (χ3v) is 6.97. The summed E-state index contributed by atoms with van der Waals surface area (Å²) in [4.78, 5) is 49.8. The van der Waals surface area contributed by atoms with E-state index in [1.807, 2.05) is 50.2 Å². The summed E-state index contributed by atoms with van der Waals surface area (Å²) in [5.41, 5.74) is 5.13. The monoisotopic (exact) mass is 556 g/mol. The standard InChI is InChI=1S/C34H24N2O6/c1-21-19-27(41-25-7-3-23(4-8-25)35-31(37)15-16-32(35)38)11-13-29(21)30-14-12-28(20-22(30)2)42-26-9-5-24(6-10-26)36-33(39)17-18-34(36)40/h3-20H,1-2H3. The summed E-state index contributed by atoms with van der Waals surface area (Å²) in [5.74, 6) is 1.03. The number of hydrogen-bond donors (Lipinski definition) is 0. The molecular weight excluding hydrogens is 532 g/mol. The highest BCUT2D eigenvalue weighted by Crippen LogP contribution is 2.35. The zero-order valence-electron chi connectivity index (χ0n) is 22.7. The van der Waals surface area contributed by atoms with Crippen LogP contribution in [0.3, 0.4) is 0 Å². The van der Waals surface area contributed by atoms with Gasteiger partial charge in [-0.05, 0) is 109 Å². The lowest BCUT2D eigenvalue weighted by atomic mass is 9.96. The van der Waals surface area contributed by atoms with Gasteiger partial charge in [0.25, 0.3) is 23.6 Å². The smallest absolute Gasteiger partial charge is 0.258 e. The van der Waals surface area contributed by atoms with Gasteiger partial charge in [0.05, 0.1) is 11.4 Å². The maximum absolute atomic E-state index is 11.9. The maximum Gasteiger partial charge on any atom is 0.258 e. The number of aryl methyl sites for hydroxylation is 2. The average Bonchev–Trinajstić information content (AvgIpc) is 3.49. The number of amides is 4. The summed E-state index contributed by atoms with van der Waals surface area (Å²) in [6.07, 6.45) is 5.00. The van der Waals surface area contributed by atoms with Crippen molar-refractivity contribution in [2.75, 3.05) is 9.80 Å². The molecule has 6 rings (SSSR count). The van der Waals surface area contributed by atoms with E-state index in [1.165, 1.54) is 24.3 Å². The maximum atomic E-state index is 11.9. The normalized spacial score (nSPS) is 14.3. The summed E-state index contributed by atoms with van der Waals surface area (Å²) >= 11 is 0. The highest BCUT2D eigenvalue weighted by molar-refractivity contribution is 6.28. The lowest BCUT2D eigenvalue weighted by Crippen LogP contribution is -2.29. The van der Waals surface area contributed by atoms with Gasteiger partial charge in [-0.3, -0.25) is 19.2 Å². The molecule has 0 saturated carbocycles. The van der Waals surface area contributed by atoms with Gasteiger partial charge in [-0.25, -0.2) is 9.80 Å². The Hall–Kier alpha value is -5.76. The summed E-state index contributed by atoms with van der Waals surface area (Å²) in [5, 5.41) is 0. The van der Waals surface area contributed by atoms with Crippen molar-refractivity contribution in [3.63, 3.8) is 0 Å². The molecule has 0 saturated heterocycles. The Bertz CT molecular complexity index is 1650. The van der Waals surface area contributed by atoms with Gasteiger partial charge in [0, 0.05) is 24.3 Å². The minimum absolute atomic E-state index is 0.364. The van der Waals surface area contributed by atoms with E-state index in [-0.39, 0.29) is 23.6 Å². The first kappa shape index (κ1) is 26.5. The molecule has 4 aromatic carbocycles. The third kappa shape index (κ3) is 5.09. The molecule has 206 valence electrons. The molecule has 0 radical (unpaired) electrons. The molecule has 8 nitrogen and oxygen atoms in total. The first-order chi connectivity index (χ1) is 20.3. The lowest BCUT2D eigenvalue weighted by molar-refractivity contribution is -0.121. The molecule has 0 atom stereocenters. The molecule has 2 aliphatic heterocycles. The Balaban J connectivity index is 1.13. The van der Waals surface area contributed by atoms with E-state index in [4.69, 9.17) is 9.47 Å². The molecule has 0 aromatic heterocycles. The highest BCUT2D eigenvalue weighted by atomic mass is 16.5. The number of rotatable bonds is 7. The number of imide groups is 2. The van der Waals surface area contributed by atoms with Crippen LogP contribution in [-0.4, -0.2) is 23.6 Å². The molecule has 0 fully saturated rings. The van der Waals surface area contributed by atoms with Gasteiger partial charge in [-0.15, -0.1) is 0 Å². The Labute approximate surface area is 241 Å². The second kappa shape index (κ2) is 10.7. The number of anilines is 2. The van der Waals surface area contributed by atoms with Crippen molar-refractivity contribution < 1.29 is 28.7 Å². The van der Waals surface area contributed by atoms with Crippen molar-refractivity contribution in [2.45, 2.75) is 13.8 Å². The van der Waals surface area contributed by atoms with Gasteiger partial charge < -0.3 is 9.47 Å². The van der Waals surface area contributed by atoms with Crippen LogP contribution in [0, 0.1) is 13.8 Å². The first-order valence-corrected chi connectivity index (χ1v) is 13.2. The number of carbonyl (C=O) groups is 4. The van der Waals surface area contributed by atoms with E-state index in [1.54, 1.807) is 48.5 Å². The van der Waals surface area contributed by atoms with Crippen LogP contribution in [0.1, 0.15) is 11.1 Å². The average molecular weight is 557 g/mol. The fourth-order valence-electron chi connectivity index (χ4n) is 4.91. The molecule has 0 unspecified atom stereocenters. The van der Waals surface area contributed by atoms with Crippen LogP contribution in [0.4, 0.5) is 11.4 Å². The number of benzene rings is 4. The second-order valence-corrected chi connectivity index (χ2v) is 9.84. The van der Waals surface area contributed by atoms with E-state index in [2.05, 4.69) is 0 Å². The molecule has 2 aliphatic rings. The molecule has 0 aliphatic carbocycles. The molecule has 2 heterocycles. The molecule has 4 amide bonds. The fourth-order valence-corrected chi connectivity index (χ4v) is 4.91. The van der Waals surface area contributed by atoms with E-state index in [9.17, 15) is 19.2 Å². The van der Waals surface area contributed by atoms with Crippen LogP contribution < -0.4 is 19.3 Å². The van der Waals surface area contributed by atoms with E-state index >= 15 is 0 Å². The van der Waals surface area contributed by atoms with E-state index in [0.29, 0.717) is 34.4 Å². The molecule has 0 bridgehead atoms. The molecule has 42 heavy (non-hydrogen) atoms. The van der Waals surface area contributed by atoms with Gasteiger partial charge in [-0.2, -0.15) is 0 Å². The second-order valence-electron chi connectivity index (χ2n) is 9.84. The van der Waals surface area contributed by atoms with Crippen molar-refractivity contribution in [1.82, 2.24) is 0 Å². The zero-order chi connectivity index (χ0) is 29.4. The van der Waals surface area contributed by atoms with E-state index < -0.39 is 0 Å². The predicted molar refractivity (Wildman–Crippen MR) is 158 cm³/mol. The van der Waals surface area contributed by atoms with Crippen molar-refractivity contribution in [2.24, 2.45) is 0 Å². The molecular formula is C34H24N2O6. The summed E-state index contributed by atoms with van der Waals surface area (Å²) < 4.78 is 12.0. The Morgan fingerprint density at radius 1 is 0.429 bits per heavy atom. The topological polar surface area (TPSA) is 93.2 Å². The Morgan fingerprint density at radius 2 is 0.738 bits per heavy atom. The van der Waals surface area contributed by atoms with Crippen LogP contribution in [0.25, 0.3) is 11.1 Å². The van der Waals surface area contributed by atoms with Gasteiger partial charge in [-0.1, -0.05) is 12.1 Å². The van der Waals surface area contributed by atoms with Gasteiger partial charge in [0.2, 0.25) is 0 Å². The Morgan fingerprint density at radius 3 is 1.05 bits per heavy atom. The van der Waals surface area contributed by atoms with Crippen molar-refractivity contribution in [3.05, 3.63) is 120 Å². The van der Waals surface area contributed by atoms with Crippen molar-refractivity contribution >= 4 is 35.0 Å². The zero-order valence-corrected chi connectivity index (χ0v) is 22.7. The SMILES string of the molecule is Cc1cc(Oc2ccc(N3C(=O)C=CC3=O)cc2)ccc1-c1ccc(Oc2ccc(N3C(=O)C=CC3=O)cc2)cc1C. The van der Waals surface area contributed by atoms with Crippen LogP contribution in [0.15, 0.2) is 109 Å². The van der Waals surface area contributed by atoms with Crippen LogP contribution in [0.5, 0.6) is 23.0 Å². The molecule has 4 aromatic rings. The van der Waals surface area contributed by atoms with Gasteiger partial charge >= 0.3 is 0 Å². The molecule has 8 heteroatoms.